The minimum Gasteiger partial charge on any atom is -0.464 e. The molecular weight excluding hydrogens is 329 g/mol. The van der Waals surface area contributed by atoms with Gasteiger partial charge in [0.05, 0.1) is 12.7 Å². The molecule has 0 saturated carbocycles. The summed E-state index contributed by atoms with van der Waals surface area (Å²) in [7, 11) is 0. The zero-order valence-corrected chi connectivity index (χ0v) is 14.2. The van der Waals surface area contributed by atoms with E-state index in [2.05, 4.69) is 5.32 Å². The molecule has 0 atom stereocenters. The molecule has 26 heavy (non-hydrogen) atoms. The number of carbonyl (C=O) groups excluding carboxylic acids is 1. The Hall–Kier alpha value is -3.14. The van der Waals surface area contributed by atoms with Crippen LogP contribution in [0.4, 0.5) is 4.39 Å². The van der Waals surface area contributed by atoms with Gasteiger partial charge in [-0.05, 0) is 34.9 Å². The topological polar surface area (TPSA) is 42.2 Å². The number of rotatable bonds is 5. The highest BCUT2D eigenvalue weighted by atomic mass is 19.1. The Morgan fingerprint density at radius 1 is 0.962 bits per heavy atom. The van der Waals surface area contributed by atoms with Crippen molar-refractivity contribution in [1.29, 1.82) is 0 Å². The van der Waals surface area contributed by atoms with Gasteiger partial charge in [-0.2, -0.15) is 0 Å². The molecule has 0 aliphatic carbocycles. The number of hydrogen-bond donors (Lipinski definition) is 1. The molecule has 3 nitrogen and oxygen atoms in total. The number of hydrogen-bond acceptors (Lipinski definition) is 2. The Morgan fingerprint density at radius 3 is 2.65 bits per heavy atom. The average Bonchev–Trinajstić information content (AvgIpc) is 3.06. The highest BCUT2D eigenvalue weighted by molar-refractivity contribution is 6.08. The van der Waals surface area contributed by atoms with Crippen LogP contribution in [0.2, 0.25) is 0 Å². The molecule has 0 fully saturated rings. The third-order valence-electron chi connectivity index (χ3n) is 4.57. The molecule has 0 aliphatic rings. The summed E-state index contributed by atoms with van der Waals surface area (Å²) in [5.41, 5.74) is 2.24. The molecule has 0 bridgehead atoms. The molecule has 4 rings (SSSR count). The van der Waals surface area contributed by atoms with Gasteiger partial charge in [-0.25, -0.2) is 4.39 Å². The fraction of sp³-hybridized carbons (Fsp3) is 0.136. The summed E-state index contributed by atoms with van der Waals surface area (Å²) in [5, 5.41) is 6.03. The first kappa shape index (κ1) is 16.3. The number of benzene rings is 3. The van der Waals surface area contributed by atoms with Crippen molar-refractivity contribution in [3.8, 4) is 0 Å². The van der Waals surface area contributed by atoms with E-state index in [0.29, 0.717) is 18.5 Å². The number of furan rings is 1. The number of amides is 1. The first-order valence-corrected chi connectivity index (χ1v) is 8.60. The molecule has 4 heteroatoms. The highest BCUT2D eigenvalue weighted by Crippen LogP contribution is 2.30. The average molecular weight is 347 g/mol. The van der Waals surface area contributed by atoms with Gasteiger partial charge in [-0.15, -0.1) is 0 Å². The van der Waals surface area contributed by atoms with Crippen LogP contribution in [-0.2, 0) is 17.6 Å². The van der Waals surface area contributed by atoms with E-state index in [0.717, 1.165) is 27.3 Å². The molecule has 0 saturated heterocycles. The van der Waals surface area contributed by atoms with Crippen molar-refractivity contribution in [1.82, 2.24) is 5.32 Å². The standard InChI is InChI=1S/C22H18FNO2/c23-19-8-4-2-6-16(19)11-12-24-21(25)13-17-14-26-20-10-9-15-5-1-3-7-18(15)22(17)20/h1-10,14H,11-13H2,(H,24,25). The Bertz CT molecular complexity index is 1080. The maximum atomic E-state index is 13.6. The number of nitrogens with one attached hydrogen (secondary N) is 1. The quantitative estimate of drug-likeness (QED) is 0.572. The lowest BCUT2D eigenvalue weighted by Gasteiger charge is -2.06. The van der Waals surface area contributed by atoms with Crippen LogP contribution < -0.4 is 5.32 Å². The lowest BCUT2D eigenvalue weighted by atomic mass is 10.0. The molecule has 1 heterocycles. The van der Waals surface area contributed by atoms with E-state index < -0.39 is 0 Å². The molecule has 3 aromatic carbocycles. The molecule has 0 radical (unpaired) electrons. The van der Waals surface area contributed by atoms with Crippen LogP contribution in [-0.4, -0.2) is 12.5 Å². The highest BCUT2D eigenvalue weighted by Gasteiger charge is 2.13. The minimum absolute atomic E-state index is 0.100. The summed E-state index contributed by atoms with van der Waals surface area (Å²) in [6.45, 7) is 0.399. The molecule has 4 aromatic rings. The predicted molar refractivity (Wildman–Crippen MR) is 101 cm³/mol. The van der Waals surface area contributed by atoms with Gasteiger partial charge >= 0.3 is 0 Å². The molecule has 0 aliphatic heterocycles. The molecule has 0 unspecified atom stereocenters. The predicted octanol–water partition coefficient (Wildman–Crippen LogP) is 4.63. The van der Waals surface area contributed by atoms with E-state index >= 15 is 0 Å². The molecule has 1 N–H and O–H groups in total. The summed E-state index contributed by atoms with van der Waals surface area (Å²) in [6, 6.07) is 18.6. The molecule has 130 valence electrons. The van der Waals surface area contributed by atoms with Crippen molar-refractivity contribution >= 4 is 27.6 Å². The summed E-state index contributed by atoms with van der Waals surface area (Å²) in [5.74, 6) is -0.342. The second-order valence-corrected chi connectivity index (χ2v) is 6.29. The van der Waals surface area contributed by atoms with E-state index in [9.17, 15) is 9.18 Å². The Kier molecular flexibility index (Phi) is 4.40. The minimum atomic E-state index is -0.242. The maximum Gasteiger partial charge on any atom is 0.224 e. The van der Waals surface area contributed by atoms with Gasteiger partial charge in [0.2, 0.25) is 5.91 Å². The van der Waals surface area contributed by atoms with Gasteiger partial charge in [0.15, 0.2) is 0 Å². The molecule has 1 aromatic heterocycles. The van der Waals surface area contributed by atoms with Crippen molar-refractivity contribution in [2.75, 3.05) is 6.54 Å². The van der Waals surface area contributed by atoms with Gasteiger partial charge in [0.1, 0.15) is 11.4 Å². The zero-order chi connectivity index (χ0) is 17.9. The number of halogens is 1. The first-order chi connectivity index (χ1) is 12.7. The number of carbonyl (C=O) groups is 1. The first-order valence-electron chi connectivity index (χ1n) is 8.60. The largest absolute Gasteiger partial charge is 0.464 e. The lowest BCUT2D eigenvalue weighted by molar-refractivity contribution is -0.120. The summed E-state index contributed by atoms with van der Waals surface area (Å²) in [4.78, 5) is 12.3. The Balaban J connectivity index is 1.48. The smallest absolute Gasteiger partial charge is 0.224 e. The summed E-state index contributed by atoms with van der Waals surface area (Å²) in [6.07, 6.45) is 2.35. The maximum absolute atomic E-state index is 13.6. The van der Waals surface area contributed by atoms with E-state index in [1.807, 2.05) is 36.4 Å². The fourth-order valence-corrected chi connectivity index (χ4v) is 3.28. The van der Waals surface area contributed by atoms with Crippen LogP contribution in [0.25, 0.3) is 21.7 Å². The van der Waals surface area contributed by atoms with Crippen molar-refractivity contribution in [3.63, 3.8) is 0 Å². The van der Waals surface area contributed by atoms with Gasteiger partial charge < -0.3 is 9.73 Å². The SMILES string of the molecule is O=C(Cc1coc2ccc3ccccc3c12)NCCc1ccccc1F. The van der Waals surface area contributed by atoms with Gasteiger partial charge in [-0.3, -0.25) is 4.79 Å². The normalized spacial score (nSPS) is 11.1. The Labute approximate surface area is 150 Å². The van der Waals surface area contributed by atoms with Crippen molar-refractivity contribution in [2.45, 2.75) is 12.8 Å². The Morgan fingerprint density at radius 2 is 1.77 bits per heavy atom. The molecule has 0 spiro atoms. The summed E-state index contributed by atoms with van der Waals surface area (Å²) < 4.78 is 19.2. The van der Waals surface area contributed by atoms with Crippen LogP contribution >= 0.6 is 0 Å². The zero-order valence-electron chi connectivity index (χ0n) is 14.2. The third kappa shape index (κ3) is 3.18. The van der Waals surface area contributed by atoms with Crippen LogP contribution in [0, 0.1) is 5.82 Å². The fourth-order valence-electron chi connectivity index (χ4n) is 3.28. The molecule has 1 amide bonds. The van der Waals surface area contributed by atoms with Gasteiger partial charge in [-0.1, -0.05) is 48.5 Å². The van der Waals surface area contributed by atoms with E-state index in [1.54, 1.807) is 24.5 Å². The van der Waals surface area contributed by atoms with Crippen molar-refractivity contribution in [3.05, 3.63) is 83.9 Å². The second-order valence-electron chi connectivity index (χ2n) is 6.29. The van der Waals surface area contributed by atoms with Crippen molar-refractivity contribution < 1.29 is 13.6 Å². The third-order valence-corrected chi connectivity index (χ3v) is 4.57. The van der Waals surface area contributed by atoms with Crippen LogP contribution in [0.5, 0.6) is 0 Å². The van der Waals surface area contributed by atoms with E-state index in [4.69, 9.17) is 4.42 Å². The lowest BCUT2D eigenvalue weighted by Crippen LogP contribution is -2.27. The van der Waals surface area contributed by atoms with E-state index in [-0.39, 0.29) is 18.1 Å². The van der Waals surface area contributed by atoms with Gasteiger partial charge in [0, 0.05) is 17.5 Å². The summed E-state index contributed by atoms with van der Waals surface area (Å²) >= 11 is 0. The second kappa shape index (κ2) is 7.00. The van der Waals surface area contributed by atoms with E-state index in [1.165, 1.54) is 6.07 Å². The number of fused-ring (bicyclic) bond motifs is 3. The molecular formula is C22H18FNO2. The van der Waals surface area contributed by atoms with Crippen molar-refractivity contribution in [2.24, 2.45) is 0 Å². The van der Waals surface area contributed by atoms with Crippen LogP contribution in [0.3, 0.4) is 0 Å². The van der Waals surface area contributed by atoms with Crippen LogP contribution in [0.1, 0.15) is 11.1 Å². The van der Waals surface area contributed by atoms with Gasteiger partial charge in [0.25, 0.3) is 0 Å². The monoisotopic (exact) mass is 347 g/mol. The van der Waals surface area contributed by atoms with Crippen LogP contribution in [0.15, 0.2) is 71.3 Å².